The highest BCUT2D eigenvalue weighted by atomic mass is 19.1. The molecule has 2 atom stereocenters. The Morgan fingerprint density at radius 3 is 2.70 bits per heavy atom. The first-order valence-electron chi connectivity index (χ1n) is 7.66. The molecule has 2 nitrogen and oxygen atoms in total. The molecule has 2 unspecified atom stereocenters. The van der Waals surface area contributed by atoms with Crippen molar-refractivity contribution >= 4 is 0 Å². The van der Waals surface area contributed by atoms with Crippen molar-refractivity contribution in [1.29, 1.82) is 0 Å². The largest absolute Gasteiger partial charge is 0.494 e. The molecule has 0 spiro atoms. The molecular formula is C17H26FNO. The van der Waals surface area contributed by atoms with Gasteiger partial charge in [0.1, 0.15) is 0 Å². The van der Waals surface area contributed by atoms with Crippen LogP contribution in [-0.2, 0) is 6.42 Å². The van der Waals surface area contributed by atoms with Gasteiger partial charge in [-0.3, -0.25) is 0 Å². The third-order valence-corrected chi connectivity index (χ3v) is 4.32. The van der Waals surface area contributed by atoms with Crippen molar-refractivity contribution in [2.24, 2.45) is 11.8 Å². The fourth-order valence-corrected chi connectivity index (χ4v) is 3.18. The molecule has 1 fully saturated rings. The Labute approximate surface area is 121 Å². The average Bonchev–Trinajstić information content (AvgIpc) is 2.84. The zero-order chi connectivity index (χ0) is 14.5. The number of hydrogen-bond acceptors (Lipinski definition) is 2. The minimum atomic E-state index is -0.250. The van der Waals surface area contributed by atoms with Crippen molar-refractivity contribution in [3.8, 4) is 5.75 Å². The van der Waals surface area contributed by atoms with Gasteiger partial charge in [-0.25, -0.2) is 4.39 Å². The normalized spacial score (nSPS) is 22.4. The van der Waals surface area contributed by atoms with Crippen LogP contribution in [0, 0.1) is 17.7 Å². The molecule has 0 radical (unpaired) electrons. The molecule has 1 N–H and O–H groups in total. The zero-order valence-electron chi connectivity index (χ0n) is 12.8. The van der Waals surface area contributed by atoms with E-state index >= 15 is 0 Å². The van der Waals surface area contributed by atoms with Crippen LogP contribution in [0.1, 0.15) is 38.7 Å². The van der Waals surface area contributed by atoms with Crippen molar-refractivity contribution in [2.45, 2.75) is 45.6 Å². The summed E-state index contributed by atoms with van der Waals surface area (Å²) in [7, 11) is 1.50. The summed E-state index contributed by atoms with van der Waals surface area (Å²) in [5.41, 5.74) is 1.09. The second-order valence-corrected chi connectivity index (χ2v) is 6.19. The molecular weight excluding hydrogens is 253 g/mol. The topological polar surface area (TPSA) is 21.3 Å². The summed E-state index contributed by atoms with van der Waals surface area (Å²) in [5.74, 6) is 1.48. The molecule has 0 bridgehead atoms. The number of methoxy groups -OCH3 is 1. The lowest BCUT2D eigenvalue weighted by atomic mass is 9.89. The van der Waals surface area contributed by atoms with Gasteiger partial charge in [-0.05, 0) is 55.3 Å². The molecule has 1 aromatic carbocycles. The highest BCUT2D eigenvalue weighted by Gasteiger charge is 2.27. The van der Waals surface area contributed by atoms with Gasteiger partial charge >= 0.3 is 0 Å². The molecule has 0 heterocycles. The third-order valence-electron chi connectivity index (χ3n) is 4.32. The van der Waals surface area contributed by atoms with Crippen molar-refractivity contribution < 1.29 is 9.13 Å². The first-order valence-corrected chi connectivity index (χ1v) is 7.66. The molecule has 112 valence electrons. The fourth-order valence-electron chi connectivity index (χ4n) is 3.18. The van der Waals surface area contributed by atoms with Gasteiger partial charge in [0.15, 0.2) is 11.6 Å². The Morgan fingerprint density at radius 1 is 1.30 bits per heavy atom. The Kier molecular flexibility index (Phi) is 5.41. The van der Waals surface area contributed by atoms with E-state index in [-0.39, 0.29) is 5.82 Å². The summed E-state index contributed by atoms with van der Waals surface area (Å²) in [5, 5.41) is 3.54. The Bertz CT molecular complexity index is 433. The monoisotopic (exact) mass is 279 g/mol. The summed E-state index contributed by atoms with van der Waals surface area (Å²) in [6.07, 6.45) is 4.83. The lowest BCUT2D eigenvalue weighted by Crippen LogP contribution is -2.31. The van der Waals surface area contributed by atoms with E-state index in [0.29, 0.717) is 17.7 Å². The molecule has 2 rings (SSSR count). The van der Waals surface area contributed by atoms with Crippen molar-refractivity contribution in [3.63, 3.8) is 0 Å². The fraction of sp³-hybridized carbons (Fsp3) is 0.647. The van der Waals surface area contributed by atoms with E-state index in [1.54, 1.807) is 12.1 Å². The Hall–Kier alpha value is -1.09. The van der Waals surface area contributed by atoms with Gasteiger partial charge in [0.25, 0.3) is 0 Å². The standard InChI is InChI=1S/C17H26FNO/c1-12(2)19-11-15-6-4-5-14(15)9-13-7-8-17(20-3)16(18)10-13/h7-8,10,12,14-15,19H,4-6,9,11H2,1-3H3. The van der Waals surface area contributed by atoms with Crippen molar-refractivity contribution in [2.75, 3.05) is 13.7 Å². The molecule has 0 aromatic heterocycles. The summed E-state index contributed by atoms with van der Waals surface area (Å²) < 4.78 is 18.7. The lowest BCUT2D eigenvalue weighted by Gasteiger charge is -2.21. The molecule has 0 amide bonds. The first kappa shape index (κ1) is 15.3. The number of halogens is 1. The first-order chi connectivity index (χ1) is 9.60. The predicted molar refractivity (Wildman–Crippen MR) is 80.6 cm³/mol. The third kappa shape index (κ3) is 3.95. The predicted octanol–water partition coefficient (Wildman–Crippen LogP) is 3.79. The smallest absolute Gasteiger partial charge is 0.165 e. The van der Waals surface area contributed by atoms with E-state index in [9.17, 15) is 4.39 Å². The van der Waals surface area contributed by atoms with E-state index in [1.807, 2.05) is 6.07 Å². The summed E-state index contributed by atoms with van der Waals surface area (Å²) in [6.45, 7) is 5.45. The highest BCUT2D eigenvalue weighted by molar-refractivity contribution is 5.29. The molecule has 20 heavy (non-hydrogen) atoms. The molecule has 1 saturated carbocycles. The number of ether oxygens (including phenoxy) is 1. The number of nitrogens with one attached hydrogen (secondary N) is 1. The minimum absolute atomic E-state index is 0.250. The second-order valence-electron chi connectivity index (χ2n) is 6.19. The Morgan fingerprint density at radius 2 is 2.05 bits per heavy atom. The number of rotatable bonds is 6. The van der Waals surface area contributed by atoms with Gasteiger partial charge in [-0.1, -0.05) is 26.3 Å². The minimum Gasteiger partial charge on any atom is -0.494 e. The SMILES string of the molecule is COc1ccc(CC2CCCC2CNC(C)C)cc1F. The van der Waals surface area contributed by atoms with Gasteiger partial charge < -0.3 is 10.1 Å². The van der Waals surface area contributed by atoms with Crippen LogP contribution in [0.3, 0.4) is 0 Å². The van der Waals surface area contributed by atoms with Crippen LogP contribution in [-0.4, -0.2) is 19.7 Å². The maximum absolute atomic E-state index is 13.7. The van der Waals surface area contributed by atoms with Gasteiger partial charge in [0, 0.05) is 6.04 Å². The van der Waals surface area contributed by atoms with Crippen LogP contribution in [0.15, 0.2) is 18.2 Å². The highest BCUT2D eigenvalue weighted by Crippen LogP contribution is 2.34. The lowest BCUT2D eigenvalue weighted by molar-refractivity contribution is 0.352. The molecule has 0 saturated heterocycles. The molecule has 1 aliphatic carbocycles. The van der Waals surface area contributed by atoms with Gasteiger partial charge in [0.2, 0.25) is 0 Å². The number of benzene rings is 1. The quantitative estimate of drug-likeness (QED) is 0.855. The van der Waals surface area contributed by atoms with Crippen LogP contribution in [0.25, 0.3) is 0 Å². The van der Waals surface area contributed by atoms with Gasteiger partial charge in [-0.15, -0.1) is 0 Å². The molecule has 3 heteroatoms. The van der Waals surface area contributed by atoms with Crippen molar-refractivity contribution in [3.05, 3.63) is 29.6 Å². The molecule has 1 aromatic rings. The summed E-state index contributed by atoms with van der Waals surface area (Å²) in [4.78, 5) is 0. The zero-order valence-corrected chi connectivity index (χ0v) is 12.8. The Balaban J connectivity index is 1.96. The van der Waals surface area contributed by atoms with Crippen LogP contribution >= 0.6 is 0 Å². The summed E-state index contributed by atoms with van der Waals surface area (Å²) >= 11 is 0. The molecule has 0 aliphatic heterocycles. The number of hydrogen-bond donors (Lipinski definition) is 1. The second kappa shape index (κ2) is 7.07. The van der Waals surface area contributed by atoms with Crippen molar-refractivity contribution in [1.82, 2.24) is 5.32 Å². The van der Waals surface area contributed by atoms with E-state index < -0.39 is 0 Å². The average molecular weight is 279 g/mol. The van der Waals surface area contributed by atoms with E-state index in [1.165, 1.54) is 26.4 Å². The summed E-state index contributed by atoms with van der Waals surface area (Å²) in [6, 6.07) is 5.90. The van der Waals surface area contributed by atoms with Crippen LogP contribution < -0.4 is 10.1 Å². The maximum Gasteiger partial charge on any atom is 0.165 e. The maximum atomic E-state index is 13.7. The van der Waals surface area contributed by atoms with E-state index in [2.05, 4.69) is 19.2 Å². The van der Waals surface area contributed by atoms with Gasteiger partial charge in [-0.2, -0.15) is 0 Å². The van der Waals surface area contributed by atoms with Crippen LogP contribution in [0.5, 0.6) is 5.75 Å². The molecule has 1 aliphatic rings. The van der Waals surface area contributed by atoms with Crippen LogP contribution in [0.2, 0.25) is 0 Å². The van der Waals surface area contributed by atoms with Gasteiger partial charge in [0.05, 0.1) is 7.11 Å². The van der Waals surface area contributed by atoms with E-state index in [0.717, 1.165) is 24.4 Å². The van der Waals surface area contributed by atoms with Crippen LogP contribution in [0.4, 0.5) is 4.39 Å². The van der Waals surface area contributed by atoms with E-state index in [4.69, 9.17) is 4.74 Å².